The van der Waals surface area contributed by atoms with E-state index in [1.54, 1.807) is 0 Å². The summed E-state index contributed by atoms with van der Waals surface area (Å²) in [5, 5.41) is 0. The van der Waals surface area contributed by atoms with E-state index in [0.29, 0.717) is 18.1 Å². The quantitative estimate of drug-likeness (QED) is 0.832. The molecule has 0 radical (unpaired) electrons. The lowest BCUT2D eigenvalue weighted by Gasteiger charge is -2.63. The van der Waals surface area contributed by atoms with Crippen LogP contribution in [0.4, 0.5) is 0 Å². The molecule has 2 heterocycles. The Morgan fingerprint density at radius 1 is 1.20 bits per heavy atom. The van der Waals surface area contributed by atoms with Gasteiger partial charge in [0.2, 0.25) is 0 Å². The van der Waals surface area contributed by atoms with E-state index in [2.05, 4.69) is 25.7 Å². The predicted molar refractivity (Wildman–Crippen MR) is 79.6 cm³/mol. The summed E-state index contributed by atoms with van der Waals surface area (Å²) in [5.74, 6) is 0.538. The third-order valence-corrected chi connectivity index (χ3v) is 6.08. The number of hydrogen-bond acceptors (Lipinski definition) is 4. The van der Waals surface area contributed by atoms with Gasteiger partial charge in [-0.15, -0.1) is 0 Å². The Hall–Kier alpha value is -0.160. The molecule has 2 aliphatic heterocycles. The van der Waals surface area contributed by atoms with Crippen molar-refractivity contribution < 1.29 is 9.47 Å². The summed E-state index contributed by atoms with van der Waals surface area (Å²) in [6.07, 6.45) is 4.32. The Labute approximate surface area is 123 Å². The van der Waals surface area contributed by atoms with Crippen molar-refractivity contribution in [3.63, 3.8) is 0 Å². The van der Waals surface area contributed by atoms with Gasteiger partial charge in [-0.05, 0) is 25.8 Å². The summed E-state index contributed by atoms with van der Waals surface area (Å²) >= 11 is 0. The molecule has 1 saturated carbocycles. The molecule has 0 bridgehead atoms. The van der Waals surface area contributed by atoms with Crippen LogP contribution in [-0.2, 0) is 9.47 Å². The molecular weight excluding hydrogens is 252 g/mol. The molecule has 20 heavy (non-hydrogen) atoms. The number of nitrogens with zero attached hydrogens (tertiary/aromatic N) is 1. The van der Waals surface area contributed by atoms with Crippen molar-refractivity contribution in [2.45, 2.75) is 57.8 Å². The Balaban J connectivity index is 1.65. The number of likely N-dealkylation sites (N-methyl/N-ethyl adjacent to an activating group) is 1. The molecule has 0 aromatic heterocycles. The smallest absolute Gasteiger partial charge is 0.0702 e. The van der Waals surface area contributed by atoms with Gasteiger partial charge in [0.05, 0.1) is 12.2 Å². The van der Waals surface area contributed by atoms with Crippen molar-refractivity contribution >= 4 is 0 Å². The molecule has 0 aromatic rings. The molecule has 0 aromatic carbocycles. The van der Waals surface area contributed by atoms with Gasteiger partial charge in [-0.3, -0.25) is 4.90 Å². The average Bonchev–Trinajstić information content (AvgIpc) is 3.08. The Bertz CT molecular complexity index is 354. The minimum Gasteiger partial charge on any atom is -0.377 e. The summed E-state index contributed by atoms with van der Waals surface area (Å²) in [4.78, 5) is 2.49. The number of fused-ring (bicyclic) bond motifs is 1. The van der Waals surface area contributed by atoms with Crippen molar-refractivity contribution in [1.29, 1.82) is 0 Å². The van der Waals surface area contributed by atoms with E-state index in [-0.39, 0.29) is 11.0 Å². The highest BCUT2D eigenvalue weighted by molar-refractivity contribution is 5.21. The second kappa shape index (κ2) is 5.24. The number of rotatable bonds is 5. The van der Waals surface area contributed by atoms with E-state index in [1.165, 1.54) is 12.8 Å². The van der Waals surface area contributed by atoms with Crippen LogP contribution >= 0.6 is 0 Å². The molecule has 3 fully saturated rings. The lowest BCUT2D eigenvalue weighted by molar-refractivity contribution is -0.164. The van der Waals surface area contributed by atoms with Crippen molar-refractivity contribution in [1.82, 2.24) is 4.90 Å². The Morgan fingerprint density at radius 2 is 2.00 bits per heavy atom. The minimum absolute atomic E-state index is 0.0815. The van der Waals surface area contributed by atoms with Crippen LogP contribution in [0.5, 0.6) is 0 Å². The van der Waals surface area contributed by atoms with Crippen LogP contribution in [-0.4, -0.2) is 55.5 Å². The molecule has 1 aliphatic carbocycles. The molecule has 0 spiro atoms. The van der Waals surface area contributed by atoms with Crippen LogP contribution in [0, 0.1) is 11.3 Å². The molecule has 0 amide bonds. The highest BCUT2D eigenvalue weighted by Crippen LogP contribution is 2.58. The van der Waals surface area contributed by atoms with Crippen LogP contribution < -0.4 is 5.73 Å². The van der Waals surface area contributed by atoms with Gasteiger partial charge in [-0.1, -0.05) is 20.8 Å². The Morgan fingerprint density at radius 3 is 2.65 bits per heavy atom. The molecule has 4 atom stereocenters. The summed E-state index contributed by atoms with van der Waals surface area (Å²) in [5.41, 5.74) is 6.83. The molecule has 3 rings (SSSR count). The van der Waals surface area contributed by atoms with Crippen LogP contribution in [0.25, 0.3) is 0 Å². The van der Waals surface area contributed by atoms with Gasteiger partial charge in [0, 0.05) is 43.2 Å². The molecular formula is C16H30N2O2. The maximum absolute atomic E-state index is 6.85. The van der Waals surface area contributed by atoms with Gasteiger partial charge >= 0.3 is 0 Å². The first-order valence-corrected chi connectivity index (χ1v) is 8.23. The second-order valence-electron chi connectivity index (χ2n) is 7.41. The van der Waals surface area contributed by atoms with E-state index in [0.717, 1.165) is 39.3 Å². The molecule has 2 saturated heterocycles. The fraction of sp³-hybridized carbons (Fsp3) is 1.00. The van der Waals surface area contributed by atoms with Crippen molar-refractivity contribution in [3.05, 3.63) is 0 Å². The Kier molecular flexibility index (Phi) is 3.87. The zero-order valence-corrected chi connectivity index (χ0v) is 13.2. The topological polar surface area (TPSA) is 47.7 Å². The van der Waals surface area contributed by atoms with E-state index in [4.69, 9.17) is 15.2 Å². The first kappa shape index (κ1) is 14.8. The summed E-state index contributed by atoms with van der Waals surface area (Å²) in [6, 6.07) is 0. The highest BCUT2D eigenvalue weighted by atomic mass is 16.5. The average molecular weight is 282 g/mol. The molecule has 3 aliphatic rings. The largest absolute Gasteiger partial charge is 0.377 e. The predicted octanol–water partition coefficient (Wildman–Crippen LogP) is 1.63. The fourth-order valence-corrected chi connectivity index (χ4v) is 4.55. The third-order valence-electron chi connectivity index (χ3n) is 6.08. The van der Waals surface area contributed by atoms with Gasteiger partial charge in [-0.25, -0.2) is 0 Å². The number of nitrogens with two attached hydrogens (primary N) is 1. The molecule has 4 heteroatoms. The van der Waals surface area contributed by atoms with Crippen LogP contribution in [0.3, 0.4) is 0 Å². The van der Waals surface area contributed by atoms with Crippen LogP contribution in [0.15, 0.2) is 0 Å². The zero-order valence-electron chi connectivity index (χ0n) is 13.2. The SMILES string of the molecule is CCN(CC1CCCO1)CC1(N)C2CCOC2C1(C)C. The first-order valence-electron chi connectivity index (χ1n) is 8.23. The van der Waals surface area contributed by atoms with Gasteiger partial charge in [0.1, 0.15) is 0 Å². The molecule has 4 nitrogen and oxygen atoms in total. The highest BCUT2D eigenvalue weighted by Gasteiger charge is 2.67. The number of hydrogen-bond donors (Lipinski definition) is 1. The van der Waals surface area contributed by atoms with E-state index in [1.807, 2.05) is 0 Å². The summed E-state index contributed by atoms with van der Waals surface area (Å²) in [6.45, 7) is 11.7. The normalized spacial score (nSPS) is 42.8. The lowest BCUT2D eigenvalue weighted by Crippen LogP contribution is -2.78. The molecule has 116 valence electrons. The van der Waals surface area contributed by atoms with Crippen LogP contribution in [0.1, 0.15) is 40.0 Å². The first-order chi connectivity index (χ1) is 9.49. The van der Waals surface area contributed by atoms with E-state index < -0.39 is 0 Å². The zero-order chi connectivity index (χ0) is 14.4. The standard InChI is InChI=1S/C16H30N2O2/c1-4-18(10-12-6-5-8-19-12)11-16(17)13-7-9-20-14(13)15(16,2)3/h12-14H,4-11,17H2,1-3H3. The van der Waals surface area contributed by atoms with E-state index >= 15 is 0 Å². The summed E-state index contributed by atoms with van der Waals surface area (Å²) in [7, 11) is 0. The molecule has 4 unspecified atom stereocenters. The second-order valence-corrected chi connectivity index (χ2v) is 7.41. The van der Waals surface area contributed by atoms with Gasteiger partial charge in [0.25, 0.3) is 0 Å². The summed E-state index contributed by atoms with van der Waals surface area (Å²) < 4.78 is 11.7. The fourth-order valence-electron chi connectivity index (χ4n) is 4.55. The lowest BCUT2D eigenvalue weighted by atomic mass is 9.48. The maximum Gasteiger partial charge on any atom is 0.0702 e. The van der Waals surface area contributed by atoms with Gasteiger partial charge in [0.15, 0.2) is 0 Å². The van der Waals surface area contributed by atoms with Crippen LogP contribution in [0.2, 0.25) is 0 Å². The monoisotopic (exact) mass is 282 g/mol. The third kappa shape index (κ3) is 2.12. The van der Waals surface area contributed by atoms with Crippen molar-refractivity contribution in [2.24, 2.45) is 17.1 Å². The maximum atomic E-state index is 6.85. The van der Waals surface area contributed by atoms with Gasteiger partial charge < -0.3 is 15.2 Å². The van der Waals surface area contributed by atoms with Crippen molar-refractivity contribution in [3.8, 4) is 0 Å². The van der Waals surface area contributed by atoms with Crippen molar-refractivity contribution in [2.75, 3.05) is 32.8 Å². The number of ether oxygens (including phenoxy) is 2. The minimum atomic E-state index is -0.108. The molecule has 2 N–H and O–H groups in total. The van der Waals surface area contributed by atoms with Gasteiger partial charge in [-0.2, -0.15) is 0 Å². The van der Waals surface area contributed by atoms with E-state index in [9.17, 15) is 0 Å².